The number of thioether (sulfide) groups is 1. The van der Waals surface area contributed by atoms with E-state index in [0.29, 0.717) is 11.3 Å². The first-order chi connectivity index (χ1) is 5.29. The van der Waals surface area contributed by atoms with Crippen molar-refractivity contribution in [1.29, 1.82) is 0 Å². The zero-order valence-electron chi connectivity index (χ0n) is 6.74. The summed E-state index contributed by atoms with van der Waals surface area (Å²) in [4.78, 5) is 4.42. The van der Waals surface area contributed by atoms with E-state index in [-0.39, 0.29) is 0 Å². The van der Waals surface area contributed by atoms with Crippen LogP contribution in [0.15, 0.2) is 28.3 Å². The van der Waals surface area contributed by atoms with Gasteiger partial charge in [0.2, 0.25) is 0 Å². The topological polar surface area (TPSA) is 12.4 Å². The number of nitrogens with zero attached hydrogens (tertiary/aromatic N) is 1. The van der Waals surface area contributed by atoms with Crippen LogP contribution >= 0.6 is 11.8 Å². The normalized spacial score (nSPS) is 34.7. The average Bonchev–Trinajstić information content (AvgIpc) is 2.45. The predicted molar refractivity (Wildman–Crippen MR) is 51.2 cm³/mol. The molecule has 0 aromatic rings. The Morgan fingerprint density at radius 3 is 2.73 bits per heavy atom. The highest BCUT2D eigenvalue weighted by atomic mass is 32.2. The predicted octanol–water partition coefficient (Wildman–Crippen LogP) is 2.40. The maximum absolute atomic E-state index is 4.42. The first kappa shape index (κ1) is 7.17. The molecular weight excluding hydrogens is 154 g/mol. The van der Waals surface area contributed by atoms with Gasteiger partial charge in [-0.1, -0.05) is 17.7 Å². The summed E-state index contributed by atoms with van der Waals surface area (Å²) < 4.78 is 0. The second kappa shape index (κ2) is 2.52. The van der Waals surface area contributed by atoms with Crippen molar-refractivity contribution in [2.24, 2.45) is 4.99 Å². The Morgan fingerprint density at radius 2 is 2.00 bits per heavy atom. The van der Waals surface area contributed by atoms with Crippen LogP contribution in [0.3, 0.4) is 0 Å². The summed E-state index contributed by atoms with van der Waals surface area (Å²) in [6, 6.07) is 0.435. The molecule has 1 heterocycles. The molecule has 0 radical (unpaired) electrons. The van der Waals surface area contributed by atoms with Crippen LogP contribution < -0.4 is 0 Å². The van der Waals surface area contributed by atoms with Gasteiger partial charge in [-0.2, -0.15) is 0 Å². The Kier molecular flexibility index (Phi) is 1.64. The van der Waals surface area contributed by atoms with Gasteiger partial charge >= 0.3 is 0 Å². The summed E-state index contributed by atoms with van der Waals surface area (Å²) in [5.41, 5.74) is 4.82. The lowest BCUT2D eigenvalue weighted by Crippen LogP contribution is -2.22. The van der Waals surface area contributed by atoms with Crippen LogP contribution in [0.2, 0.25) is 0 Å². The molecule has 2 heteroatoms. The van der Waals surface area contributed by atoms with Gasteiger partial charge in [-0.05, 0) is 19.4 Å². The van der Waals surface area contributed by atoms with E-state index >= 15 is 0 Å². The van der Waals surface area contributed by atoms with E-state index < -0.39 is 0 Å². The highest BCUT2D eigenvalue weighted by Crippen LogP contribution is 2.34. The van der Waals surface area contributed by atoms with Crippen molar-refractivity contribution in [2.45, 2.75) is 25.1 Å². The summed E-state index contributed by atoms with van der Waals surface area (Å²) in [5, 5.41) is 0.597. The molecule has 2 atom stereocenters. The van der Waals surface area contributed by atoms with Crippen LogP contribution in [-0.2, 0) is 0 Å². The Labute approximate surface area is 71.3 Å². The van der Waals surface area contributed by atoms with E-state index in [2.05, 4.69) is 31.0 Å². The Hall–Kier alpha value is -0.500. The molecule has 0 amide bonds. The van der Waals surface area contributed by atoms with Crippen molar-refractivity contribution in [3.63, 3.8) is 0 Å². The van der Waals surface area contributed by atoms with Crippen LogP contribution in [0.1, 0.15) is 13.8 Å². The molecule has 1 aliphatic carbocycles. The molecule has 11 heavy (non-hydrogen) atoms. The maximum atomic E-state index is 4.42. The first-order valence-electron chi connectivity index (χ1n) is 3.81. The average molecular weight is 165 g/mol. The second-order valence-electron chi connectivity index (χ2n) is 3.08. The van der Waals surface area contributed by atoms with Crippen LogP contribution in [0, 0.1) is 0 Å². The molecule has 0 N–H and O–H groups in total. The van der Waals surface area contributed by atoms with E-state index in [0.717, 1.165) is 0 Å². The van der Waals surface area contributed by atoms with Gasteiger partial charge in [0.15, 0.2) is 0 Å². The SMILES string of the molecule is CC1=CC=C(C)C2SC=NC12. The van der Waals surface area contributed by atoms with E-state index in [1.165, 1.54) is 11.1 Å². The zero-order valence-corrected chi connectivity index (χ0v) is 7.56. The molecule has 2 rings (SSSR count). The van der Waals surface area contributed by atoms with Crippen molar-refractivity contribution < 1.29 is 0 Å². The third kappa shape index (κ3) is 1.06. The summed E-state index contributed by atoms with van der Waals surface area (Å²) in [6.45, 7) is 4.34. The van der Waals surface area contributed by atoms with Crippen LogP contribution in [0.25, 0.3) is 0 Å². The highest BCUT2D eigenvalue weighted by molar-refractivity contribution is 8.13. The number of hydrogen-bond donors (Lipinski definition) is 0. The Morgan fingerprint density at radius 1 is 1.27 bits per heavy atom. The summed E-state index contributed by atoms with van der Waals surface area (Å²) in [5.74, 6) is 0. The lowest BCUT2D eigenvalue weighted by atomic mass is 9.95. The van der Waals surface area contributed by atoms with E-state index in [1.54, 1.807) is 0 Å². The third-order valence-corrected chi connectivity index (χ3v) is 3.41. The molecule has 0 aromatic carbocycles. The minimum absolute atomic E-state index is 0.435. The van der Waals surface area contributed by atoms with Gasteiger partial charge in [0.05, 0.1) is 16.8 Å². The molecule has 0 fully saturated rings. The molecule has 1 nitrogen and oxygen atoms in total. The highest BCUT2D eigenvalue weighted by Gasteiger charge is 2.29. The van der Waals surface area contributed by atoms with Crippen LogP contribution in [-0.4, -0.2) is 16.8 Å². The van der Waals surface area contributed by atoms with E-state index in [9.17, 15) is 0 Å². The monoisotopic (exact) mass is 165 g/mol. The second-order valence-corrected chi connectivity index (χ2v) is 4.07. The van der Waals surface area contributed by atoms with Crippen molar-refractivity contribution in [1.82, 2.24) is 0 Å². The summed E-state index contributed by atoms with van der Waals surface area (Å²) >= 11 is 1.84. The van der Waals surface area contributed by atoms with Gasteiger partial charge < -0.3 is 0 Å². The third-order valence-electron chi connectivity index (χ3n) is 2.24. The van der Waals surface area contributed by atoms with Gasteiger partial charge in [-0.3, -0.25) is 4.99 Å². The quantitative estimate of drug-likeness (QED) is 0.537. The molecule has 0 saturated heterocycles. The van der Waals surface area contributed by atoms with Gasteiger partial charge in [0, 0.05) is 0 Å². The minimum Gasteiger partial charge on any atom is -0.277 e. The molecule has 0 saturated carbocycles. The van der Waals surface area contributed by atoms with Gasteiger partial charge in [-0.25, -0.2) is 0 Å². The van der Waals surface area contributed by atoms with Crippen molar-refractivity contribution in [3.05, 3.63) is 23.3 Å². The lowest BCUT2D eigenvalue weighted by molar-refractivity contribution is 0.779. The van der Waals surface area contributed by atoms with Crippen LogP contribution in [0.5, 0.6) is 0 Å². The van der Waals surface area contributed by atoms with Gasteiger partial charge in [-0.15, -0.1) is 11.8 Å². The fourth-order valence-electron chi connectivity index (χ4n) is 1.49. The van der Waals surface area contributed by atoms with Crippen molar-refractivity contribution >= 4 is 17.3 Å². The molecule has 0 bridgehead atoms. The first-order valence-corrected chi connectivity index (χ1v) is 4.75. The Balaban J connectivity index is 2.35. The molecule has 2 unspecified atom stereocenters. The van der Waals surface area contributed by atoms with Gasteiger partial charge in [0.25, 0.3) is 0 Å². The number of rotatable bonds is 0. The molecule has 1 aliphatic heterocycles. The standard InChI is InChI=1S/C9H11NS/c1-6-3-4-7(2)9-8(6)10-5-11-9/h3-5,8-9H,1-2H3. The van der Waals surface area contributed by atoms with Crippen molar-refractivity contribution in [3.8, 4) is 0 Å². The minimum atomic E-state index is 0.435. The zero-order chi connectivity index (χ0) is 7.84. The van der Waals surface area contributed by atoms with Crippen LogP contribution in [0.4, 0.5) is 0 Å². The Bertz CT molecular complexity index is 263. The van der Waals surface area contributed by atoms with E-state index in [4.69, 9.17) is 0 Å². The smallest absolute Gasteiger partial charge is 0.0875 e. The lowest BCUT2D eigenvalue weighted by Gasteiger charge is -2.21. The van der Waals surface area contributed by atoms with Gasteiger partial charge in [0.1, 0.15) is 0 Å². The maximum Gasteiger partial charge on any atom is 0.0875 e. The number of aliphatic imine (C=N–C) groups is 1. The van der Waals surface area contributed by atoms with E-state index in [1.807, 2.05) is 17.3 Å². The fraction of sp³-hybridized carbons (Fsp3) is 0.444. The molecule has 58 valence electrons. The van der Waals surface area contributed by atoms with Crippen molar-refractivity contribution in [2.75, 3.05) is 0 Å². The fourth-order valence-corrected chi connectivity index (χ4v) is 2.55. The number of allylic oxidation sites excluding steroid dienone is 2. The molecule has 0 spiro atoms. The molecular formula is C9H11NS. The molecule has 0 aromatic heterocycles. The number of fused-ring (bicyclic) bond motifs is 1. The summed E-state index contributed by atoms with van der Waals surface area (Å²) in [6.07, 6.45) is 4.39. The largest absolute Gasteiger partial charge is 0.277 e. The molecule has 2 aliphatic rings. The summed E-state index contributed by atoms with van der Waals surface area (Å²) in [7, 11) is 0. The number of hydrogen-bond acceptors (Lipinski definition) is 2.